The molecule has 3 N–H and O–H groups in total. The lowest BCUT2D eigenvalue weighted by molar-refractivity contribution is -0.122. The number of hydrogen-bond acceptors (Lipinski definition) is 2. The average molecular weight is 253 g/mol. The predicted octanol–water partition coefficient (Wildman–Crippen LogP) is 1.28. The second-order valence-corrected chi connectivity index (χ2v) is 4.93. The minimum absolute atomic E-state index is 0.0279. The second kappa shape index (κ2) is 5.82. The molecule has 1 amide bonds. The zero-order chi connectivity index (χ0) is 13.0. The minimum Gasteiger partial charge on any atom is -0.388 e. The summed E-state index contributed by atoms with van der Waals surface area (Å²) in [6.45, 7) is 6.38. The van der Waals surface area contributed by atoms with Crippen molar-refractivity contribution in [1.82, 2.24) is 9.88 Å². The zero-order valence-corrected chi connectivity index (χ0v) is 11.3. The number of hydrogen-bond donors (Lipinski definition) is 2. The number of nitrogens with two attached hydrogens (primary N) is 1. The van der Waals surface area contributed by atoms with Crippen molar-refractivity contribution in [2.75, 3.05) is 0 Å². The van der Waals surface area contributed by atoms with Crippen molar-refractivity contribution in [3.05, 3.63) is 24.0 Å². The Balaban J connectivity index is 2.62. The Kier molecular flexibility index (Phi) is 4.69. The fourth-order valence-corrected chi connectivity index (χ4v) is 1.58. The highest BCUT2D eigenvalue weighted by atomic mass is 32.1. The summed E-state index contributed by atoms with van der Waals surface area (Å²) in [5.74, 6) is 0.388. The highest BCUT2D eigenvalue weighted by molar-refractivity contribution is 7.80. The van der Waals surface area contributed by atoms with Crippen LogP contribution in [0.1, 0.15) is 26.5 Å². The number of thiocarbonyl (C=S) groups is 1. The van der Waals surface area contributed by atoms with Crippen LogP contribution in [0.5, 0.6) is 0 Å². The van der Waals surface area contributed by atoms with E-state index in [1.807, 2.05) is 19.1 Å². The fraction of sp³-hybridized carbons (Fsp3) is 0.500. The molecule has 1 aromatic rings. The smallest absolute Gasteiger partial charge is 0.240 e. The molecule has 94 valence electrons. The van der Waals surface area contributed by atoms with Gasteiger partial charge in [-0.2, -0.15) is 0 Å². The molecule has 1 rings (SSSR count). The van der Waals surface area contributed by atoms with Crippen LogP contribution in [-0.4, -0.2) is 21.5 Å². The molecule has 1 aromatic heterocycles. The Hall–Kier alpha value is -1.36. The molecule has 1 unspecified atom stereocenters. The molecule has 0 fully saturated rings. The van der Waals surface area contributed by atoms with Gasteiger partial charge < -0.3 is 15.6 Å². The molecule has 4 nitrogen and oxygen atoms in total. The van der Waals surface area contributed by atoms with Crippen molar-refractivity contribution in [3.8, 4) is 0 Å². The van der Waals surface area contributed by atoms with E-state index in [9.17, 15) is 4.79 Å². The van der Waals surface area contributed by atoms with E-state index in [0.29, 0.717) is 16.6 Å². The van der Waals surface area contributed by atoms with E-state index >= 15 is 0 Å². The largest absolute Gasteiger partial charge is 0.388 e. The first-order valence-corrected chi connectivity index (χ1v) is 6.07. The van der Waals surface area contributed by atoms with Gasteiger partial charge in [0.2, 0.25) is 5.91 Å². The predicted molar refractivity (Wildman–Crippen MR) is 72.8 cm³/mol. The number of amides is 1. The molecule has 0 radical (unpaired) electrons. The summed E-state index contributed by atoms with van der Waals surface area (Å²) in [7, 11) is 0. The normalized spacial score (nSPS) is 12.5. The SMILES string of the molecule is CC(C)C(C)NC(=O)Cn1cccc1C(N)=S. The maximum Gasteiger partial charge on any atom is 0.240 e. The summed E-state index contributed by atoms with van der Waals surface area (Å²) >= 11 is 4.91. The number of carbonyl (C=O) groups excluding carboxylic acids is 1. The summed E-state index contributed by atoms with van der Waals surface area (Å²) in [5, 5.41) is 2.94. The van der Waals surface area contributed by atoms with Crippen LogP contribution in [0, 0.1) is 5.92 Å². The molecule has 17 heavy (non-hydrogen) atoms. The van der Waals surface area contributed by atoms with Gasteiger partial charge in [-0.3, -0.25) is 4.79 Å². The van der Waals surface area contributed by atoms with Gasteiger partial charge in [-0.05, 0) is 25.0 Å². The van der Waals surface area contributed by atoms with Gasteiger partial charge in [0.15, 0.2) is 0 Å². The Morgan fingerprint density at radius 2 is 2.18 bits per heavy atom. The highest BCUT2D eigenvalue weighted by Crippen LogP contribution is 2.03. The maximum absolute atomic E-state index is 11.8. The van der Waals surface area contributed by atoms with Crippen LogP contribution in [0.3, 0.4) is 0 Å². The summed E-state index contributed by atoms with van der Waals surface area (Å²) in [4.78, 5) is 12.1. The van der Waals surface area contributed by atoms with Crippen LogP contribution in [0.2, 0.25) is 0 Å². The molecular formula is C12H19N3OS. The van der Waals surface area contributed by atoms with Crippen molar-refractivity contribution in [2.24, 2.45) is 11.7 Å². The molecule has 0 saturated heterocycles. The number of nitrogens with one attached hydrogen (secondary N) is 1. The number of carbonyl (C=O) groups is 1. The maximum atomic E-state index is 11.8. The second-order valence-electron chi connectivity index (χ2n) is 4.49. The third-order valence-corrected chi connectivity index (χ3v) is 2.99. The van der Waals surface area contributed by atoms with E-state index in [0.717, 1.165) is 0 Å². The van der Waals surface area contributed by atoms with Crippen LogP contribution >= 0.6 is 12.2 Å². The van der Waals surface area contributed by atoms with Crippen LogP contribution < -0.4 is 11.1 Å². The minimum atomic E-state index is -0.0279. The number of rotatable bonds is 5. The van der Waals surface area contributed by atoms with Crippen LogP contribution in [0.15, 0.2) is 18.3 Å². The summed E-state index contributed by atoms with van der Waals surface area (Å²) in [6, 6.07) is 3.79. The lowest BCUT2D eigenvalue weighted by Crippen LogP contribution is -2.38. The van der Waals surface area contributed by atoms with Crippen molar-refractivity contribution in [2.45, 2.75) is 33.4 Å². The van der Waals surface area contributed by atoms with Crippen molar-refractivity contribution >= 4 is 23.1 Å². The number of nitrogens with zero attached hydrogens (tertiary/aromatic N) is 1. The summed E-state index contributed by atoms with van der Waals surface area (Å²) in [6.07, 6.45) is 1.80. The van der Waals surface area contributed by atoms with E-state index in [2.05, 4.69) is 19.2 Å². The molecule has 0 aliphatic carbocycles. The van der Waals surface area contributed by atoms with Gasteiger partial charge in [0.1, 0.15) is 11.5 Å². The summed E-state index contributed by atoms with van der Waals surface area (Å²) in [5.41, 5.74) is 6.28. The third-order valence-electron chi connectivity index (χ3n) is 2.78. The average Bonchev–Trinajstić information content (AvgIpc) is 2.65. The topological polar surface area (TPSA) is 60.0 Å². The first-order valence-electron chi connectivity index (χ1n) is 5.66. The van der Waals surface area contributed by atoms with E-state index < -0.39 is 0 Å². The molecule has 0 saturated carbocycles. The van der Waals surface area contributed by atoms with Gasteiger partial charge in [-0.15, -0.1) is 0 Å². The number of aromatic nitrogens is 1. The molecule has 5 heteroatoms. The lowest BCUT2D eigenvalue weighted by Gasteiger charge is -2.18. The monoisotopic (exact) mass is 253 g/mol. The van der Waals surface area contributed by atoms with E-state index in [1.54, 1.807) is 10.8 Å². The van der Waals surface area contributed by atoms with Gasteiger partial charge in [0, 0.05) is 12.2 Å². The van der Waals surface area contributed by atoms with Crippen LogP contribution in [0.25, 0.3) is 0 Å². The Labute approximate surface area is 107 Å². The standard InChI is InChI=1S/C12H19N3OS/c1-8(2)9(3)14-11(16)7-15-6-4-5-10(15)12(13)17/h4-6,8-9H,7H2,1-3H3,(H2,13,17)(H,14,16). The van der Waals surface area contributed by atoms with Gasteiger partial charge in [0.05, 0.1) is 5.69 Å². The molecule has 0 bridgehead atoms. The fourth-order valence-electron chi connectivity index (χ4n) is 1.40. The van der Waals surface area contributed by atoms with Crippen molar-refractivity contribution in [3.63, 3.8) is 0 Å². The zero-order valence-electron chi connectivity index (χ0n) is 10.4. The molecule has 0 spiro atoms. The van der Waals surface area contributed by atoms with Crippen molar-refractivity contribution in [1.29, 1.82) is 0 Å². The molecule has 0 aliphatic rings. The van der Waals surface area contributed by atoms with Crippen LogP contribution in [-0.2, 0) is 11.3 Å². The van der Waals surface area contributed by atoms with E-state index in [4.69, 9.17) is 18.0 Å². The van der Waals surface area contributed by atoms with E-state index in [-0.39, 0.29) is 18.5 Å². The molecule has 1 heterocycles. The first kappa shape index (κ1) is 13.7. The molecular weight excluding hydrogens is 234 g/mol. The van der Waals surface area contributed by atoms with Gasteiger partial charge in [-0.1, -0.05) is 26.1 Å². The van der Waals surface area contributed by atoms with Gasteiger partial charge in [-0.25, -0.2) is 0 Å². The van der Waals surface area contributed by atoms with Crippen LogP contribution in [0.4, 0.5) is 0 Å². The van der Waals surface area contributed by atoms with Gasteiger partial charge in [0.25, 0.3) is 0 Å². The van der Waals surface area contributed by atoms with E-state index in [1.165, 1.54) is 0 Å². The first-order chi connectivity index (χ1) is 7.91. The molecule has 0 aliphatic heterocycles. The Morgan fingerprint density at radius 3 is 2.71 bits per heavy atom. The Bertz CT molecular complexity index is 412. The van der Waals surface area contributed by atoms with Crippen molar-refractivity contribution < 1.29 is 4.79 Å². The van der Waals surface area contributed by atoms with Gasteiger partial charge >= 0.3 is 0 Å². The summed E-state index contributed by atoms with van der Waals surface area (Å²) < 4.78 is 1.75. The quantitative estimate of drug-likeness (QED) is 0.777. The molecule has 0 aromatic carbocycles. The highest BCUT2D eigenvalue weighted by Gasteiger charge is 2.12. The Morgan fingerprint density at radius 1 is 1.53 bits per heavy atom. The third kappa shape index (κ3) is 3.85. The molecule has 1 atom stereocenters. The lowest BCUT2D eigenvalue weighted by atomic mass is 10.1.